The third-order valence-electron chi connectivity index (χ3n) is 3.49. The van der Waals surface area contributed by atoms with E-state index in [0.717, 1.165) is 24.3 Å². The number of rotatable bonds is 8. The highest BCUT2D eigenvalue weighted by Gasteiger charge is 2.09. The van der Waals surface area contributed by atoms with Gasteiger partial charge in [0.05, 0.1) is 12.3 Å². The van der Waals surface area contributed by atoms with Crippen LogP contribution in [0, 0.1) is 18.3 Å². The van der Waals surface area contributed by atoms with Crippen molar-refractivity contribution in [2.45, 2.75) is 38.3 Å². The quantitative estimate of drug-likeness (QED) is 0.451. The Balaban J connectivity index is 1.74. The molecule has 0 saturated heterocycles. The van der Waals surface area contributed by atoms with Crippen molar-refractivity contribution in [2.24, 2.45) is 0 Å². The molecule has 1 N–H and O–H groups in total. The minimum Gasteiger partial charge on any atom is -0.494 e. The molecular weight excluding hydrogens is 322 g/mol. The van der Waals surface area contributed by atoms with E-state index in [9.17, 15) is 4.79 Å². The van der Waals surface area contributed by atoms with Gasteiger partial charge in [0.15, 0.2) is 5.16 Å². The van der Waals surface area contributed by atoms with E-state index in [1.807, 2.05) is 44.2 Å². The van der Waals surface area contributed by atoms with Gasteiger partial charge in [-0.2, -0.15) is 5.26 Å². The van der Waals surface area contributed by atoms with Crippen LogP contribution in [-0.4, -0.2) is 22.3 Å². The number of hydrogen-bond donors (Lipinski definition) is 1. The van der Waals surface area contributed by atoms with Crippen molar-refractivity contribution in [1.82, 2.24) is 9.97 Å². The van der Waals surface area contributed by atoms with E-state index in [0.29, 0.717) is 23.9 Å². The second-order valence-corrected chi connectivity index (χ2v) is 6.46. The minimum atomic E-state index is -0.352. The number of unbranched alkanes of at least 4 members (excludes halogenated alkanes) is 1. The molecule has 0 atom stereocenters. The number of nitriles is 1. The van der Waals surface area contributed by atoms with Gasteiger partial charge in [0.25, 0.3) is 5.56 Å². The predicted octanol–water partition coefficient (Wildman–Crippen LogP) is 3.46. The van der Waals surface area contributed by atoms with Crippen molar-refractivity contribution < 1.29 is 4.74 Å². The first-order valence-electron chi connectivity index (χ1n) is 7.99. The molecule has 0 saturated carbocycles. The van der Waals surface area contributed by atoms with Crippen molar-refractivity contribution in [3.63, 3.8) is 0 Å². The maximum absolute atomic E-state index is 11.8. The van der Waals surface area contributed by atoms with Crippen molar-refractivity contribution >= 4 is 11.8 Å². The van der Waals surface area contributed by atoms with E-state index in [1.54, 1.807) is 0 Å². The summed E-state index contributed by atoms with van der Waals surface area (Å²) in [6.07, 6.45) is 2.47. The molecule has 0 aliphatic heterocycles. The Labute approximate surface area is 146 Å². The van der Waals surface area contributed by atoms with Crippen molar-refractivity contribution in [3.8, 4) is 11.8 Å². The summed E-state index contributed by atoms with van der Waals surface area (Å²) in [5.41, 5.74) is 1.54. The fraction of sp³-hybridized carbons (Fsp3) is 0.389. The SMILES string of the molecule is CCc1nc(SCCCCOc2ccc(C)cc2)[nH]c(=O)c1C#N. The van der Waals surface area contributed by atoms with Crippen molar-refractivity contribution in [2.75, 3.05) is 12.4 Å². The highest BCUT2D eigenvalue weighted by Crippen LogP contribution is 2.16. The number of H-pyrrole nitrogens is 1. The monoisotopic (exact) mass is 343 g/mol. The van der Waals surface area contributed by atoms with E-state index >= 15 is 0 Å². The minimum absolute atomic E-state index is 0.119. The van der Waals surface area contributed by atoms with E-state index in [4.69, 9.17) is 10.00 Å². The molecule has 1 heterocycles. The molecule has 1 aromatic carbocycles. The molecule has 0 aliphatic rings. The summed E-state index contributed by atoms with van der Waals surface area (Å²) in [7, 11) is 0. The Morgan fingerprint density at radius 1 is 1.29 bits per heavy atom. The summed E-state index contributed by atoms with van der Waals surface area (Å²) in [6.45, 7) is 4.60. The van der Waals surface area contributed by atoms with E-state index in [2.05, 4.69) is 9.97 Å². The third-order valence-corrected chi connectivity index (χ3v) is 4.45. The number of ether oxygens (including phenoxy) is 1. The second-order valence-electron chi connectivity index (χ2n) is 5.38. The molecule has 0 spiro atoms. The molecule has 0 fully saturated rings. The summed E-state index contributed by atoms with van der Waals surface area (Å²) in [5.74, 6) is 1.73. The van der Waals surface area contributed by atoms with Crippen LogP contribution in [0.5, 0.6) is 5.75 Å². The number of nitrogens with one attached hydrogen (secondary N) is 1. The van der Waals surface area contributed by atoms with Crippen LogP contribution in [-0.2, 0) is 6.42 Å². The molecule has 0 bridgehead atoms. The highest BCUT2D eigenvalue weighted by molar-refractivity contribution is 7.99. The van der Waals surface area contributed by atoms with Crippen molar-refractivity contribution in [3.05, 3.63) is 51.4 Å². The Morgan fingerprint density at radius 2 is 2.04 bits per heavy atom. The first kappa shape index (κ1) is 18.1. The van der Waals surface area contributed by atoms with Gasteiger partial charge in [-0.25, -0.2) is 4.98 Å². The molecule has 0 amide bonds. The zero-order valence-electron chi connectivity index (χ0n) is 14.0. The van der Waals surface area contributed by atoms with E-state index < -0.39 is 0 Å². The van der Waals surface area contributed by atoms with Gasteiger partial charge in [0.1, 0.15) is 17.4 Å². The Hall–Kier alpha value is -2.26. The summed E-state index contributed by atoms with van der Waals surface area (Å²) >= 11 is 1.50. The van der Waals surface area contributed by atoms with Crippen LogP contribution in [0.15, 0.2) is 34.2 Å². The van der Waals surface area contributed by atoms with Crippen LogP contribution in [0.25, 0.3) is 0 Å². The number of benzene rings is 1. The first-order valence-corrected chi connectivity index (χ1v) is 8.98. The van der Waals surface area contributed by atoms with Crippen LogP contribution in [0.4, 0.5) is 0 Å². The molecule has 2 aromatic rings. The largest absolute Gasteiger partial charge is 0.494 e. The molecular formula is C18H21N3O2S. The van der Waals surface area contributed by atoms with Gasteiger partial charge in [0.2, 0.25) is 0 Å². The lowest BCUT2D eigenvalue weighted by Crippen LogP contribution is -2.16. The fourth-order valence-electron chi connectivity index (χ4n) is 2.13. The first-order chi connectivity index (χ1) is 11.6. The second kappa shape index (κ2) is 9.14. The van der Waals surface area contributed by atoms with E-state index in [1.165, 1.54) is 17.3 Å². The standard InChI is InChI=1S/C18H21N3O2S/c1-3-16-15(12-19)17(22)21-18(20-16)24-11-5-4-10-23-14-8-6-13(2)7-9-14/h6-9H,3-5,10-11H2,1-2H3,(H,20,21,22). The molecule has 6 heteroatoms. The third kappa shape index (κ3) is 5.14. The van der Waals surface area contributed by atoms with Crippen LogP contribution in [0.2, 0.25) is 0 Å². The van der Waals surface area contributed by atoms with Gasteiger partial charge in [-0.3, -0.25) is 4.79 Å². The average molecular weight is 343 g/mol. The lowest BCUT2D eigenvalue weighted by atomic mass is 10.2. The van der Waals surface area contributed by atoms with Crippen LogP contribution < -0.4 is 10.3 Å². The summed E-state index contributed by atoms with van der Waals surface area (Å²) < 4.78 is 5.68. The van der Waals surface area contributed by atoms with Crippen molar-refractivity contribution in [1.29, 1.82) is 5.26 Å². The highest BCUT2D eigenvalue weighted by atomic mass is 32.2. The zero-order chi connectivity index (χ0) is 17.4. The van der Waals surface area contributed by atoms with Gasteiger partial charge in [-0.05, 0) is 38.3 Å². The summed E-state index contributed by atoms with van der Waals surface area (Å²) in [5, 5.41) is 9.55. The average Bonchev–Trinajstić information content (AvgIpc) is 2.59. The van der Waals surface area contributed by atoms with Gasteiger partial charge in [-0.15, -0.1) is 0 Å². The Bertz CT molecular complexity index is 763. The molecule has 24 heavy (non-hydrogen) atoms. The van der Waals surface area contributed by atoms with Gasteiger partial charge in [-0.1, -0.05) is 36.4 Å². The number of nitrogens with zero attached hydrogens (tertiary/aromatic N) is 2. The maximum atomic E-state index is 11.8. The summed E-state index contributed by atoms with van der Waals surface area (Å²) in [4.78, 5) is 18.8. The van der Waals surface area contributed by atoms with Crippen LogP contribution in [0.3, 0.4) is 0 Å². The van der Waals surface area contributed by atoms with Crippen LogP contribution in [0.1, 0.15) is 36.6 Å². The smallest absolute Gasteiger partial charge is 0.269 e. The van der Waals surface area contributed by atoms with E-state index in [-0.39, 0.29) is 11.1 Å². The number of hydrogen-bond acceptors (Lipinski definition) is 5. The van der Waals surface area contributed by atoms with Gasteiger partial charge < -0.3 is 9.72 Å². The Kier molecular flexibility index (Phi) is 6.89. The fourth-order valence-corrected chi connectivity index (χ4v) is 3.02. The Morgan fingerprint density at radius 3 is 2.71 bits per heavy atom. The lowest BCUT2D eigenvalue weighted by molar-refractivity contribution is 0.310. The molecule has 1 aromatic heterocycles. The molecule has 126 valence electrons. The molecule has 0 radical (unpaired) electrons. The molecule has 5 nitrogen and oxygen atoms in total. The molecule has 2 rings (SSSR count). The summed E-state index contributed by atoms with van der Waals surface area (Å²) in [6, 6.07) is 9.92. The predicted molar refractivity (Wildman–Crippen MR) is 95.6 cm³/mol. The zero-order valence-corrected chi connectivity index (χ0v) is 14.8. The lowest BCUT2D eigenvalue weighted by Gasteiger charge is -2.07. The normalized spacial score (nSPS) is 10.4. The number of aryl methyl sites for hydroxylation is 2. The molecule has 0 unspecified atom stereocenters. The van der Waals surface area contributed by atoms with Crippen LogP contribution >= 0.6 is 11.8 Å². The number of thioether (sulfide) groups is 1. The number of aromatic amines is 1. The van der Waals surface area contributed by atoms with Gasteiger partial charge in [0, 0.05) is 5.75 Å². The molecule has 0 aliphatic carbocycles. The number of aromatic nitrogens is 2. The van der Waals surface area contributed by atoms with Gasteiger partial charge >= 0.3 is 0 Å². The maximum Gasteiger partial charge on any atom is 0.269 e. The topological polar surface area (TPSA) is 78.8 Å².